The van der Waals surface area contributed by atoms with Crippen LogP contribution in [-0.4, -0.2) is 70.6 Å². The van der Waals surface area contributed by atoms with E-state index in [9.17, 15) is 0 Å². The number of guanidine groups is 1. The van der Waals surface area contributed by atoms with Gasteiger partial charge < -0.3 is 24.4 Å². The van der Waals surface area contributed by atoms with Gasteiger partial charge in [0.2, 0.25) is 0 Å². The Hall–Kier alpha value is -0.480. The van der Waals surface area contributed by atoms with Crippen LogP contribution in [0.1, 0.15) is 25.7 Å². The largest absolute Gasteiger partial charge is 0.492 e. The lowest BCUT2D eigenvalue weighted by Crippen LogP contribution is -2.47. The van der Waals surface area contributed by atoms with Crippen LogP contribution in [0.15, 0.2) is 23.2 Å². The molecule has 0 aliphatic carbocycles. The number of likely N-dealkylation sites (tertiary alicyclic amines) is 1. The second-order valence-electron chi connectivity index (χ2n) is 6.65. The first-order valence-electron chi connectivity index (χ1n) is 9.78. The molecule has 0 amide bonds. The number of ether oxygens (including phenoxy) is 3. The first kappa shape index (κ1) is 26.6. The van der Waals surface area contributed by atoms with Gasteiger partial charge in [-0.3, -0.25) is 4.99 Å². The number of halogens is 3. The minimum absolute atomic E-state index is 0. The van der Waals surface area contributed by atoms with Crippen molar-refractivity contribution in [1.29, 1.82) is 0 Å². The van der Waals surface area contributed by atoms with Crippen molar-refractivity contribution in [1.82, 2.24) is 10.2 Å². The fraction of sp³-hybridized carbons (Fsp3) is 0.650. The van der Waals surface area contributed by atoms with Crippen molar-refractivity contribution in [2.24, 2.45) is 4.99 Å². The van der Waals surface area contributed by atoms with Crippen molar-refractivity contribution in [3.8, 4) is 5.75 Å². The third-order valence-electron chi connectivity index (χ3n) is 4.56. The summed E-state index contributed by atoms with van der Waals surface area (Å²) in [5.74, 6) is 1.59. The first-order chi connectivity index (χ1) is 13.6. The summed E-state index contributed by atoms with van der Waals surface area (Å²) in [6.45, 7) is 4.78. The van der Waals surface area contributed by atoms with Gasteiger partial charge in [-0.25, -0.2) is 0 Å². The number of hydrogen-bond donors (Lipinski definition) is 1. The normalized spacial score (nSPS) is 15.2. The molecule has 166 valence electrons. The highest BCUT2D eigenvalue weighted by Crippen LogP contribution is 2.27. The Bertz CT molecular complexity index is 615. The molecule has 1 N–H and O–H groups in total. The summed E-state index contributed by atoms with van der Waals surface area (Å²) in [4.78, 5) is 6.68. The molecule has 0 atom stereocenters. The van der Waals surface area contributed by atoms with Crippen LogP contribution in [-0.2, 0) is 9.47 Å². The number of nitrogens with zero attached hydrogens (tertiary/aromatic N) is 2. The Kier molecular flexibility index (Phi) is 14.0. The Morgan fingerprint density at radius 2 is 1.93 bits per heavy atom. The monoisotopic (exact) mass is 559 g/mol. The van der Waals surface area contributed by atoms with Gasteiger partial charge in [-0.2, -0.15) is 0 Å². The average molecular weight is 560 g/mol. The third-order valence-corrected chi connectivity index (χ3v) is 5.09. The topological polar surface area (TPSA) is 55.3 Å². The molecule has 0 spiro atoms. The van der Waals surface area contributed by atoms with Crippen LogP contribution < -0.4 is 10.1 Å². The number of piperidine rings is 1. The quantitative estimate of drug-likeness (QED) is 0.198. The SMILES string of the molecule is CN=C(NCCCOc1ccc(Cl)cc1Cl)N1CCC(OCCCOC)CC1.I. The third kappa shape index (κ3) is 9.91. The van der Waals surface area contributed by atoms with Crippen molar-refractivity contribution in [3.05, 3.63) is 28.2 Å². The van der Waals surface area contributed by atoms with E-state index >= 15 is 0 Å². The van der Waals surface area contributed by atoms with Gasteiger partial charge in [0.25, 0.3) is 0 Å². The molecule has 29 heavy (non-hydrogen) atoms. The summed E-state index contributed by atoms with van der Waals surface area (Å²) in [7, 11) is 3.54. The van der Waals surface area contributed by atoms with Gasteiger partial charge in [-0.05, 0) is 43.9 Å². The highest BCUT2D eigenvalue weighted by Gasteiger charge is 2.21. The molecular formula is C20H32Cl2IN3O3. The molecular weight excluding hydrogens is 528 g/mol. The Morgan fingerprint density at radius 3 is 2.59 bits per heavy atom. The van der Waals surface area contributed by atoms with Crippen molar-refractivity contribution in [3.63, 3.8) is 0 Å². The van der Waals surface area contributed by atoms with Crippen LogP contribution in [0.2, 0.25) is 10.0 Å². The lowest BCUT2D eigenvalue weighted by molar-refractivity contribution is 0.00991. The maximum atomic E-state index is 6.11. The Morgan fingerprint density at radius 1 is 1.17 bits per heavy atom. The molecule has 0 unspecified atom stereocenters. The minimum Gasteiger partial charge on any atom is -0.492 e. The minimum atomic E-state index is 0. The molecule has 1 heterocycles. The lowest BCUT2D eigenvalue weighted by atomic mass is 10.1. The number of rotatable bonds is 10. The van der Waals surface area contributed by atoms with Crippen molar-refractivity contribution >= 4 is 53.1 Å². The molecule has 0 radical (unpaired) electrons. The Balaban J connectivity index is 0.00000420. The fourth-order valence-electron chi connectivity index (χ4n) is 3.07. The Labute approximate surface area is 201 Å². The van der Waals surface area contributed by atoms with E-state index < -0.39 is 0 Å². The zero-order valence-corrected chi connectivity index (χ0v) is 21.0. The van der Waals surface area contributed by atoms with Gasteiger partial charge in [0.1, 0.15) is 5.75 Å². The van der Waals surface area contributed by atoms with Gasteiger partial charge in [-0.15, -0.1) is 24.0 Å². The number of benzene rings is 1. The maximum absolute atomic E-state index is 6.11. The van der Waals surface area contributed by atoms with Crippen molar-refractivity contribution in [2.45, 2.75) is 31.8 Å². The second kappa shape index (κ2) is 15.3. The molecule has 1 aliphatic rings. The van der Waals surface area contributed by atoms with E-state index in [1.165, 1.54) is 0 Å². The van der Waals surface area contributed by atoms with Gasteiger partial charge in [0.15, 0.2) is 5.96 Å². The van der Waals surface area contributed by atoms with Crippen LogP contribution in [0.5, 0.6) is 5.75 Å². The first-order valence-corrected chi connectivity index (χ1v) is 10.5. The van der Waals surface area contributed by atoms with Gasteiger partial charge in [0, 0.05) is 52.0 Å². The van der Waals surface area contributed by atoms with Crippen LogP contribution in [0.25, 0.3) is 0 Å². The van der Waals surface area contributed by atoms with Gasteiger partial charge in [0.05, 0.1) is 17.7 Å². The number of methoxy groups -OCH3 is 1. The molecule has 1 fully saturated rings. The van der Waals surface area contributed by atoms with Gasteiger partial charge in [-0.1, -0.05) is 23.2 Å². The predicted octanol–water partition coefficient (Wildman–Crippen LogP) is 4.47. The van der Waals surface area contributed by atoms with E-state index in [1.807, 2.05) is 7.05 Å². The van der Waals surface area contributed by atoms with E-state index in [1.54, 1.807) is 25.3 Å². The second-order valence-corrected chi connectivity index (χ2v) is 7.50. The molecule has 1 aromatic rings. The molecule has 1 saturated heterocycles. The standard InChI is InChI=1S/C20H31Cl2N3O3.HI/c1-23-20(25-10-7-17(8-11-25)27-14-4-12-26-2)24-9-3-13-28-19-6-5-16(21)15-18(19)22;/h5-6,15,17H,3-4,7-14H2,1-2H3,(H,23,24);1H. The molecule has 0 aromatic heterocycles. The van der Waals surface area contributed by atoms with Gasteiger partial charge >= 0.3 is 0 Å². The molecule has 6 nitrogen and oxygen atoms in total. The zero-order valence-electron chi connectivity index (χ0n) is 17.2. The zero-order chi connectivity index (χ0) is 20.2. The van der Waals surface area contributed by atoms with Crippen LogP contribution in [0.3, 0.4) is 0 Å². The molecule has 2 rings (SSSR count). The van der Waals surface area contributed by atoms with Crippen molar-refractivity contribution < 1.29 is 14.2 Å². The summed E-state index contributed by atoms with van der Waals surface area (Å²) in [6.07, 6.45) is 4.17. The maximum Gasteiger partial charge on any atom is 0.193 e. The predicted molar refractivity (Wildman–Crippen MR) is 130 cm³/mol. The summed E-state index contributed by atoms with van der Waals surface area (Å²) in [5, 5.41) is 4.54. The number of hydrogen-bond acceptors (Lipinski definition) is 4. The summed E-state index contributed by atoms with van der Waals surface area (Å²) < 4.78 is 16.7. The van der Waals surface area contributed by atoms with Crippen molar-refractivity contribution in [2.75, 3.05) is 53.6 Å². The number of aliphatic imine (C=N–C) groups is 1. The molecule has 1 aromatic carbocycles. The van der Waals surface area contributed by atoms with E-state index in [0.717, 1.165) is 64.5 Å². The summed E-state index contributed by atoms with van der Waals surface area (Å²) in [5.41, 5.74) is 0. The average Bonchev–Trinajstić information content (AvgIpc) is 2.70. The smallest absolute Gasteiger partial charge is 0.193 e. The van der Waals surface area contributed by atoms with E-state index in [0.29, 0.717) is 28.5 Å². The van der Waals surface area contributed by atoms with E-state index in [2.05, 4.69) is 15.2 Å². The number of nitrogens with one attached hydrogen (secondary N) is 1. The molecule has 0 saturated carbocycles. The highest BCUT2D eigenvalue weighted by molar-refractivity contribution is 14.0. The fourth-order valence-corrected chi connectivity index (χ4v) is 3.53. The van der Waals surface area contributed by atoms with Crippen LogP contribution >= 0.6 is 47.2 Å². The molecule has 9 heteroatoms. The van der Waals surface area contributed by atoms with Crippen LogP contribution in [0, 0.1) is 0 Å². The highest BCUT2D eigenvalue weighted by atomic mass is 127. The summed E-state index contributed by atoms with van der Waals surface area (Å²) in [6, 6.07) is 5.25. The summed E-state index contributed by atoms with van der Waals surface area (Å²) >= 11 is 12.0. The lowest BCUT2D eigenvalue weighted by Gasteiger charge is -2.34. The van der Waals surface area contributed by atoms with Crippen LogP contribution in [0.4, 0.5) is 0 Å². The van der Waals surface area contributed by atoms with E-state index in [-0.39, 0.29) is 24.0 Å². The molecule has 0 bridgehead atoms. The molecule has 1 aliphatic heterocycles. The van der Waals surface area contributed by atoms with E-state index in [4.69, 9.17) is 37.4 Å².